The molecule has 0 aliphatic heterocycles. The molecular formula is C18H24BrNO2. The molecule has 0 saturated heterocycles. The molecule has 3 unspecified atom stereocenters. The topological polar surface area (TPSA) is 52.3 Å². The number of hydrogen-bond donors (Lipinski definition) is 1. The van der Waals surface area contributed by atoms with E-state index in [1.807, 2.05) is 0 Å². The number of nitrogens with two attached hydrogens (primary N) is 1. The maximum atomic E-state index is 12.5. The second kappa shape index (κ2) is 5.26. The number of anilines is 1. The minimum Gasteiger partial charge on any atom is -0.469 e. The van der Waals surface area contributed by atoms with Gasteiger partial charge in [-0.1, -0.05) is 13.3 Å². The first-order valence-electron chi connectivity index (χ1n) is 8.00. The van der Waals surface area contributed by atoms with Gasteiger partial charge in [-0.3, -0.25) is 4.79 Å². The molecule has 3 atom stereocenters. The molecule has 2 aliphatic rings. The average molecular weight is 366 g/mol. The van der Waals surface area contributed by atoms with E-state index in [2.05, 4.69) is 41.9 Å². The molecule has 0 heterocycles. The van der Waals surface area contributed by atoms with E-state index in [-0.39, 0.29) is 16.8 Å². The van der Waals surface area contributed by atoms with E-state index in [0.29, 0.717) is 5.92 Å². The molecule has 0 aromatic heterocycles. The molecule has 120 valence electrons. The summed E-state index contributed by atoms with van der Waals surface area (Å²) in [7, 11) is 1.51. The van der Waals surface area contributed by atoms with Crippen molar-refractivity contribution in [3.8, 4) is 0 Å². The van der Waals surface area contributed by atoms with Crippen LogP contribution in [0, 0.1) is 11.3 Å². The first-order valence-corrected chi connectivity index (χ1v) is 8.79. The van der Waals surface area contributed by atoms with Gasteiger partial charge in [-0.2, -0.15) is 0 Å². The summed E-state index contributed by atoms with van der Waals surface area (Å²) in [6, 6.07) is 4.28. The van der Waals surface area contributed by atoms with Crippen LogP contribution in [0.1, 0.15) is 50.7 Å². The Bertz CT molecular complexity index is 630. The molecule has 1 aromatic carbocycles. The summed E-state index contributed by atoms with van der Waals surface area (Å²) >= 11 is 3.57. The highest BCUT2D eigenvalue weighted by Gasteiger charge is 2.55. The number of ether oxygens (including phenoxy) is 1. The van der Waals surface area contributed by atoms with Crippen molar-refractivity contribution < 1.29 is 9.53 Å². The van der Waals surface area contributed by atoms with Gasteiger partial charge in [-0.25, -0.2) is 0 Å². The van der Waals surface area contributed by atoms with Crippen LogP contribution in [0.5, 0.6) is 0 Å². The summed E-state index contributed by atoms with van der Waals surface area (Å²) in [6.45, 7) is 4.41. The summed E-state index contributed by atoms with van der Waals surface area (Å²) < 4.78 is 6.11. The molecule has 0 bridgehead atoms. The summed E-state index contributed by atoms with van der Waals surface area (Å²) in [5.74, 6) is 0.269. The number of carbonyl (C=O) groups is 1. The molecule has 4 heteroatoms. The third kappa shape index (κ3) is 2.10. The molecule has 3 rings (SSSR count). The minimum atomic E-state index is -0.382. The third-order valence-electron chi connectivity index (χ3n) is 6.12. The van der Waals surface area contributed by atoms with Crippen molar-refractivity contribution in [1.82, 2.24) is 0 Å². The van der Waals surface area contributed by atoms with Gasteiger partial charge in [0.1, 0.15) is 0 Å². The summed E-state index contributed by atoms with van der Waals surface area (Å²) in [4.78, 5) is 12.5. The molecule has 1 saturated carbocycles. The first kappa shape index (κ1) is 15.9. The zero-order valence-corrected chi connectivity index (χ0v) is 15.1. The van der Waals surface area contributed by atoms with Gasteiger partial charge in [0.05, 0.1) is 12.5 Å². The van der Waals surface area contributed by atoms with Gasteiger partial charge in [-0.05, 0) is 83.1 Å². The molecule has 0 radical (unpaired) electrons. The van der Waals surface area contributed by atoms with Crippen molar-refractivity contribution in [2.45, 2.75) is 51.4 Å². The smallest absolute Gasteiger partial charge is 0.311 e. The molecule has 2 N–H and O–H groups in total. The van der Waals surface area contributed by atoms with Crippen molar-refractivity contribution >= 4 is 27.6 Å². The van der Waals surface area contributed by atoms with Crippen LogP contribution in [0.25, 0.3) is 0 Å². The lowest BCUT2D eigenvalue weighted by Gasteiger charge is -2.54. The Morgan fingerprint density at radius 1 is 1.36 bits per heavy atom. The van der Waals surface area contributed by atoms with Crippen molar-refractivity contribution in [3.05, 3.63) is 27.7 Å². The van der Waals surface area contributed by atoms with Gasteiger partial charge in [0.2, 0.25) is 0 Å². The van der Waals surface area contributed by atoms with E-state index < -0.39 is 0 Å². The third-order valence-corrected chi connectivity index (χ3v) is 6.81. The Balaban J connectivity index is 2.12. The van der Waals surface area contributed by atoms with Gasteiger partial charge in [0, 0.05) is 10.2 Å². The van der Waals surface area contributed by atoms with E-state index in [1.54, 1.807) is 0 Å². The van der Waals surface area contributed by atoms with Gasteiger partial charge in [0.25, 0.3) is 0 Å². The highest BCUT2D eigenvalue weighted by molar-refractivity contribution is 9.10. The molecular weight excluding hydrogens is 342 g/mol. The lowest BCUT2D eigenvalue weighted by atomic mass is 9.50. The maximum absolute atomic E-state index is 12.5. The van der Waals surface area contributed by atoms with Crippen LogP contribution in [0.2, 0.25) is 0 Å². The van der Waals surface area contributed by atoms with E-state index in [0.717, 1.165) is 42.3 Å². The number of benzene rings is 1. The van der Waals surface area contributed by atoms with Gasteiger partial charge >= 0.3 is 5.97 Å². The van der Waals surface area contributed by atoms with Crippen molar-refractivity contribution in [3.63, 3.8) is 0 Å². The maximum Gasteiger partial charge on any atom is 0.311 e. The predicted molar refractivity (Wildman–Crippen MR) is 91.7 cm³/mol. The fourth-order valence-corrected chi connectivity index (χ4v) is 5.33. The zero-order valence-electron chi connectivity index (χ0n) is 13.5. The van der Waals surface area contributed by atoms with Crippen LogP contribution in [0.15, 0.2) is 16.6 Å². The molecule has 1 fully saturated rings. The fraction of sp³-hybridized carbons (Fsp3) is 0.611. The second-order valence-corrected chi connectivity index (χ2v) is 8.16. The average Bonchev–Trinajstić information content (AvgIpc) is 2.48. The van der Waals surface area contributed by atoms with E-state index in [1.165, 1.54) is 18.2 Å². The van der Waals surface area contributed by atoms with Crippen LogP contribution in [0.3, 0.4) is 0 Å². The highest BCUT2D eigenvalue weighted by atomic mass is 79.9. The monoisotopic (exact) mass is 365 g/mol. The van der Waals surface area contributed by atoms with E-state index in [4.69, 9.17) is 10.5 Å². The number of methoxy groups -OCH3 is 1. The lowest BCUT2D eigenvalue weighted by Crippen LogP contribution is -2.52. The van der Waals surface area contributed by atoms with Gasteiger partial charge in [0.15, 0.2) is 0 Å². The summed E-state index contributed by atoms with van der Waals surface area (Å²) in [6.07, 6.45) is 5.11. The predicted octanol–water partition coefficient (Wildman–Crippen LogP) is 4.21. The van der Waals surface area contributed by atoms with Crippen molar-refractivity contribution in [1.29, 1.82) is 0 Å². The van der Waals surface area contributed by atoms with Crippen LogP contribution in [-0.2, 0) is 21.4 Å². The molecule has 2 aliphatic carbocycles. The van der Waals surface area contributed by atoms with Crippen molar-refractivity contribution in [2.24, 2.45) is 11.3 Å². The lowest BCUT2D eigenvalue weighted by molar-refractivity contribution is -0.161. The Morgan fingerprint density at radius 3 is 2.77 bits per heavy atom. The Labute approximate surface area is 140 Å². The highest BCUT2D eigenvalue weighted by Crippen LogP contribution is 2.58. The minimum absolute atomic E-state index is 0.0188. The van der Waals surface area contributed by atoms with Crippen LogP contribution in [-0.4, -0.2) is 13.1 Å². The number of esters is 1. The fourth-order valence-electron chi connectivity index (χ4n) is 4.99. The normalized spacial score (nSPS) is 33.7. The Morgan fingerprint density at radius 2 is 2.09 bits per heavy atom. The summed E-state index contributed by atoms with van der Waals surface area (Å²) in [5, 5.41) is 0. The number of hydrogen-bond acceptors (Lipinski definition) is 3. The molecule has 0 spiro atoms. The quantitative estimate of drug-likeness (QED) is 0.598. The first-order chi connectivity index (χ1) is 10.3. The number of aryl methyl sites for hydroxylation is 1. The number of fused-ring (bicyclic) bond motifs is 3. The zero-order chi connectivity index (χ0) is 16.1. The second-order valence-electron chi connectivity index (χ2n) is 7.30. The summed E-state index contributed by atoms with van der Waals surface area (Å²) in [5.41, 5.74) is 9.19. The molecule has 3 nitrogen and oxygen atoms in total. The van der Waals surface area contributed by atoms with Gasteiger partial charge < -0.3 is 10.5 Å². The number of halogens is 1. The van der Waals surface area contributed by atoms with Crippen LogP contribution < -0.4 is 5.73 Å². The Hall–Kier alpha value is -1.03. The number of rotatable bonds is 1. The SMILES string of the molecule is COC(=O)C1(C)CCCC2(C)c3cc(Br)c(N)cc3CCC12. The standard InChI is InChI=1S/C18H24BrNO2/c1-17-7-4-8-18(2,16(21)22-3)15(17)6-5-11-9-14(20)13(19)10-12(11)17/h9-10,15H,4-8,20H2,1-3H3. The van der Waals surface area contributed by atoms with Crippen molar-refractivity contribution in [2.75, 3.05) is 12.8 Å². The number of carbonyl (C=O) groups excluding carboxylic acids is 1. The van der Waals surface area contributed by atoms with Crippen LogP contribution in [0.4, 0.5) is 5.69 Å². The van der Waals surface area contributed by atoms with Crippen LogP contribution >= 0.6 is 15.9 Å². The molecule has 22 heavy (non-hydrogen) atoms. The largest absolute Gasteiger partial charge is 0.469 e. The molecule has 0 amide bonds. The van der Waals surface area contributed by atoms with E-state index in [9.17, 15) is 4.79 Å². The van der Waals surface area contributed by atoms with E-state index >= 15 is 0 Å². The molecule has 1 aromatic rings. The number of nitrogen functional groups attached to an aromatic ring is 1. The van der Waals surface area contributed by atoms with Gasteiger partial charge in [-0.15, -0.1) is 0 Å². The Kier molecular flexibility index (Phi) is 3.79.